The summed E-state index contributed by atoms with van der Waals surface area (Å²) in [6.45, 7) is 6.51. The van der Waals surface area contributed by atoms with Gasteiger partial charge in [0.2, 0.25) is 17.7 Å². The van der Waals surface area contributed by atoms with Crippen LogP contribution in [0.1, 0.15) is 310 Å². The summed E-state index contributed by atoms with van der Waals surface area (Å²) in [5, 5.41) is 37.7. The molecule has 18 nitrogen and oxygen atoms in total. The molecule has 4 amide bonds. The zero-order valence-electron chi connectivity index (χ0n) is 52.0. The molecule has 0 spiro atoms. The van der Waals surface area contributed by atoms with Gasteiger partial charge in [0, 0.05) is 50.0 Å². The minimum absolute atomic E-state index is 0.0305. The molecule has 0 aromatic carbocycles. The van der Waals surface area contributed by atoms with Crippen molar-refractivity contribution < 1.29 is 67.9 Å². The summed E-state index contributed by atoms with van der Waals surface area (Å²) < 4.78 is 11.5. The number of thioether (sulfide) groups is 1. The molecule has 0 aliphatic heterocycles. The van der Waals surface area contributed by atoms with E-state index in [1.165, 1.54) is 159 Å². The van der Waals surface area contributed by atoms with Crippen LogP contribution in [-0.4, -0.2) is 111 Å². The number of unbranched alkanes of at least 4 members (excludes halogenated alkanes) is 34. The molecule has 0 bridgehead atoms. The summed E-state index contributed by atoms with van der Waals surface area (Å²) in [5.74, 6) is -7.97. The number of ether oxygens (including phenoxy) is 2. The average Bonchev–Trinajstić information content (AvgIpc) is 3.50. The molecule has 0 aliphatic carbocycles. The van der Waals surface area contributed by atoms with Crippen molar-refractivity contribution in [2.75, 3.05) is 18.1 Å². The predicted octanol–water partition coefficient (Wildman–Crippen LogP) is 13.6. The fourth-order valence-corrected chi connectivity index (χ4v) is 10.7. The first-order chi connectivity index (χ1) is 40.1. The summed E-state index contributed by atoms with van der Waals surface area (Å²) in [6, 6.07) is -3.31. The van der Waals surface area contributed by atoms with E-state index in [0.29, 0.717) is 19.3 Å². The van der Waals surface area contributed by atoms with Crippen LogP contribution in [0.15, 0.2) is 0 Å². The second kappa shape index (κ2) is 56.7. The van der Waals surface area contributed by atoms with Crippen LogP contribution in [0.5, 0.6) is 0 Å². The van der Waals surface area contributed by atoms with E-state index in [2.05, 4.69) is 42.0 Å². The fourth-order valence-electron chi connectivity index (χ4n) is 9.75. The molecule has 19 heteroatoms. The third-order valence-corrected chi connectivity index (χ3v) is 16.0. The van der Waals surface area contributed by atoms with Crippen molar-refractivity contribution in [3.8, 4) is 0 Å². The van der Waals surface area contributed by atoms with Gasteiger partial charge in [-0.05, 0) is 32.1 Å². The number of esters is 2. The van der Waals surface area contributed by atoms with E-state index in [1.54, 1.807) is 0 Å². The Bertz CT molecular complexity index is 1720. The molecule has 482 valence electrons. The molecular weight excluding hydrogens is 1080 g/mol. The van der Waals surface area contributed by atoms with Gasteiger partial charge in [0.15, 0.2) is 6.17 Å². The maximum absolute atomic E-state index is 13.9. The second-order valence-corrected chi connectivity index (χ2v) is 23.9. The SMILES string of the molecule is CCCCCCCCCCCCCCCC(=O)OC[C@H](CSCCC(=O)N[C@@H](NC(=O)CCCCCCCCCCCCC)C(=O)NC(CCC(=O)O)C(=O)NC(CCC(=O)O)C(=O)O)OC(=O)CCCCCCCCCCCCCCC. The van der Waals surface area contributed by atoms with E-state index in [1.807, 2.05) is 0 Å². The van der Waals surface area contributed by atoms with Crippen molar-refractivity contribution in [3.05, 3.63) is 0 Å². The van der Waals surface area contributed by atoms with Gasteiger partial charge in [-0.15, -0.1) is 0 Å². The van der Waals surface area contributed by atoms with Crippen LogP contribution in [0.3, 0.4) is 0 Å². The number of amides is 4. The number of carboxylic acids is 3. The summed E-state index contributed by atoms with van der Waals surface area (Å²) in [4.78, 5) is 115. The molecule has 2 unspecified atom stereocenters. The number of carbonyl (C=O) groups is 9. The Morgan fingerprint density at radius 2 is 0.711 bits per heavy atom. The Balaban J connectivity index is 5.71. The minimum atomic E-state index is -1.72. The molecule has 7 N–H and O–H groups in total. The lowest BCUT2D eigenvalue weighted by Gasteiger charge is -2.25. The van der Waals surface area contributed by atoms with Gasteiger partial charge in [0.1, 0.15) is 24.8 Å². The molecule has 0 aromatic rings. The van der Waals surface area contributed by atoms with Crippen LogP contribution in [0, 0.1) is 0 Å². The highest BCUT2D eigenvalue weighted by Gasteiger charge is 2.31. The molecule has 0 rings (SSSR count). The first kappa shape index (κ1) is 78.6. The van der Waals surface area contributed by atoms with Gasteiger partial charge >= 0.3 is 29.8 Å². The van der Waals surface area contributed by atoms with Gasteiger partial charge in [-0.3, -0.25) is 38.4 Å². The Morgan fingerprint density at radius 3 is 1.10 bits per heavy atom. The molecule has 83 heavy (non-hydrogen) atoms. The van der Waals surface area contributed by atoms with Gasteiger partial charge in [-0.1, -0.05) is 239 Å². The van der Waals surface area contributed by atoms with Crippen molar-refractivity contribution >= 4 is 65.2 Å². The highest BCUT2D eigenvalue weighted by Crippen LogP contribution is 2.18. The average molecular weight is 1200 g/mol. The number of nitrogens with one attached hydrogen (secondary N) is 4. The monoisotopic (exact) mass is 1200 g/mol. The topological polar surface area (TPSA) is 281 Å². The molecule has 0 aliphatic rings. The Kier molecular flexibility index (Phi) is 53.7. The maximum atomic E-state index is 13.9. The summed E-state index contributed by atoms with van der Waals surface area (Å²) >= 11 is 1.27. The number of hydrogen-bond acceptors (Lipinski definition) is 12. The predicted molar refractivity (Wildman–Crippen MR) is 330 cm³/mol. The molecule has 0 saturated carbocycles. The zero-order valence-corrected chi connectivity index (χ0v) is 52.8. The Morgan fingerprint density at radius 1 is 0.373 bits per heavy atom. The molecule has 0 heterocycles. The summed E-state index contributed by atoms with van der Waals surface area (Å²) in [6.07, 6.45) is 37.9. The minimum Gasteiger partial charge on any atom is -0.481 e. The van der Waals surface area contributed by atoms with Gasteiger partial charge in [-0.25, -0.2) is 4.79 Å². The first-order valence-corrected chi connectivity index (χ1v) is 34.1. The molecule has 0 aromatic heterocycles. The van der Waals surface area contributed by atoms with E-state index in [9.17, 15) is 53.4 Å². The summed E-state index contributed by atoms with van der Waals surface area (Å²) in [7, 11) is 0. The van der Waals surface area contributed by atoms with Crippen LogP contribution in [-0.2, 0) is 52.6 Å². The van der Waals surface area contributed by atoms with Gasteiger partial charge < -0.3 is 46.1 Å². The van der Waals surface area contributed by atoms with E-state index >= 15 is 0 Å². The van der Waals surface area contributed by atoms with E-state index in [4.69, 9.17) is 14.6 Å². The van der Waals surface area contributed by atoms with Crippen LogP contribution in [0.4, 0.5) is 0 Å². The van der Waals surface area contributed by atoms with Crippen LogP contribution in [0.25, 0.3) is 0 Å². The van der Waals surface area contributed by atoms with Crippen molar-refractivity contribution in [2.24, 2.45) is 0 Å². The van der Waals surface area contributed by atoms with E-state index in [0.717, 1.165) is 70.6 Å². The Labute approximate surface area is 504 Å². The van der Waals surface area contributed by atoms with Gasteiger partial charge in [0.05, 0.1) is 0 Å². The smallest absolute Gasteiger partial charge is 0.326 e. The summed E-state index contributed by atoms with van der Waals surface area (Å²) in [5.41, 5.74) is 0. The quantitative estimate of drug-likeness (QED) is 0.0169. The first-order valence-electron chi connectivity index (χ1n) is 32.9. The number of carbonyl (C=O) groups excluding carboxylic acids is 6. The number of carboxylic acid groups (broad SMARTS) is 3. The highest BCUT2D eigenvalue weighted by molar-refractivity contribution is 7.99. The second-order valence-electron chi connectivity index (χ2n) is 22.8. The molecule has 4 atom stereocenters. The lowest BCUT2D eigenvalue weighted by atomic mass is 10.0. The third-order valence-electron chi connectivity index (χ3n) is 14.9. The fraction of sp³-hybridized carbons (Fsp3) is 0.859. The lowest BCUT2D eigenvalue weighted by molar-refractivity contribution is -0.157. The normalized spacial score (nSPS) is 12.6. The largest absolute Gasteiger partial charge is 0.481 e. The lowest BCUT2D eigenvalue weighted by Crippen LogP contribution is -2.60. The Hall–Kier alpha value is -4.42. The molecule has 0 saturated heterocycles. The van der Waals surface area contributed by atoms with Crippen molar-refractivity contribution in [3.63, 3.8) is 0 Å². The highest BCUT2D eigenvalue weighted by atomic mass is 32.2. The van der Waals surface area contributed by atoms with Crippen molar-refractivity contribution in [1.29, 1.82) is 0 Å². The van der Waals surface area contributed by atoms with E-state index < -0.39 is 97.5 Å². The van der Waals surface area contributed by atoms with Crippen LogP contribution < -0.4 is 21.3 Å². The van der Waals surface area contributed by atoms with Crippen molar-refractivity contribution in [2.45, 2.75) is 334 Å². The molecule has 0 radical (unpaired) electrons. The maximum Gasteiger partial charge on any atom is 0.326 e. The van der Waals surface area contributed by atoms with Crippen LogP contribution >= 0.6 is 11.8 Å². The number of aliphatic carboxylic acids is 3. The van der Waals surface area contributed by atoms with Crippen LogP contribution in [0.2, 0.25) is 0 Å². The van der Waals surface area contributed by atoms with Gasteiger partial charge in [0.25, 0.3) is 5.91 Å². The third kappa shape index (κ3) is 51.7. The number of rotatable bonds is 61. The van der Waals surface area contributed by atoms with Crippen molar-refractivity contribution in [1.82, 2.24) is 21.3 Å². The van der Waals surface area contributed by atoms with Gasteiger partial charge in [-0.2, -0.15) is 11.8 Å². The molecule has 0 fully saturated rings. The standard InChI is InChI=1S/C64H116N4O14S/c1-4-7-10-13-16-19-22-24-27-30-33-36-39-42-59(75)81-50-52(82-60(76)43-40-37-34-31-28-25-23-20-17-14-11-8-5-2)51-83-49-48-56(70)68-61(67-55(69)41-38-35-32-29-26-21-18-15-12-9-6-3)63(78)65-53(44-46-57(71)72)62(77)66-54(64(79)80)45-47-58(73)74/h52-54,61H,4-51H2,1-3H3,(H,65,78)(H,66,77)(H,67,69)(H,68,70)(H,71,72)(H,73,74)(H,79,80)/t52-,53?,54?,61-/m1/s1. The number of hydrogen-bond donors (Lipinski definition) is 7. The van der Waals surface area contributed by atoms with E-state index in [-0.39, 0.29) is 49.8 Å². The zero-order chi connectivity index (χ0) is 61.4. The molecular formula is C64H116N4O14S.